The smallest absolute Gasteiger partial charge is 0.105 e. The first-order valence-corrected chi connectivity index (χ1v) is 10.3. The lowest BCUT2D eigenvalue weighted by Crippen LogP contribution is -1.98. The van der Waals surface area contributed by atoms with Crippen molar-refractivity contribution in [3.63, 3.8) is 0 Å². The average Bonchev–Trinajstić information content (AvgIpc) is 2.96. The van der Waals surface area contributed by atoms with Crippen molar-refractivity contribution in [2.24, 2.45) is 0 Å². The minimum Gasteiger partial charge on any atom is -0.335 e. The Morgan fingerprint density at radius 2 is 1.13 bits per heavy atom. The van der Waals surface area contributed by atoms with E-state index < -0.39 is 0 Å². The van der Waals surface area contributed by atoms with Crippen molar-refractivity contribution in [3.05, 3.63) is 18.2 Å². The summed E-state index contributed by atoms with van der Waals surface area (Å²) in [6, 6.07) is 0. The Balaban J connectivity index is 1.72. The van der Waals surface area contributed by atoms with Gasteiger partial charge in [0.25, 0.3) is 0 Å². The molecule has 0 amide bonds. The van der Waals surface area contributed by atoms with Crippen molar-refractivity contribution in [2.75, 3.05) is 0 Å². The van der Waals surface area contributed by atoms with Gasteiger partial charge in [-0.15, -0.1) is 0 Å². The SMILES string of the molecule is CCCCCCCCCCCCCCCCCn1ccnc1C. The summed E-state index contributed by atoms with van der Waals surface area (Å²) in [5, 5.41) is 0. The van der Waals surface area contributed by atoms with Crippen molar-refractivity contribution < 1.29 is 0 Å². The highest BCUT2D eigenvalue weighted by atomic mass is 15.0. The highest BCUT2D eigenvalue weighted by molar-refractivity contribution is 4.87. The van der Waals surface area contributed by atoms with Crippen LogP contribution in [0.4, 0.5) is 0 Å². The van der Waals surface area contributed by atoms with Crippen LogP contribution in [0.25, 0.3) is 0 Å². The monoisotopic (exact) mass is 320 g/mol. The molecular weight excluding hydrogens is 280 g/mol. The van der Waals surface area contributed by atoms with E-state index in [1.807, 2.05) is 6.20 Å². The maximum absolute atomic E-state index is 4.27. The van der Waals surface area contributed by atoms with E-state index in [0.29, 0.717) is 0 Å². The van der Waals surface area contributed by atoms with Gasteiger partial charge in [-0.05, 0) is 13.3 Å². The maximum Gasteiger partial charge on any atom is 0.105 e. The Hall–Kier alpha value is -0.790. The number of nitrogens with zero attached hydrogens (tertiary/aromatic N) is 2. The highest BCUT2D eigenvalue weighted by Gasteiger charge is 1.97. The second-order valence-electron chi connectivity index (χ2n) is 7.12. The summed E-state index contributed by atoms with van der Waals surface area (Å²) < 4.78 is 2.27. The topological polar surface area (TPSA) is 17.8 Å². The molecule has 0 fully saturated rings. The molecule has 0 N–H and O–H groups in total. The summed E-state index contributed by atoms with van der Waals surface area (Å²) in [5.41, 5.74) is 0. The predicted octanol–water partition coefficient (Wildman–Crippen LogP) is 7.06. The molecule has 1 aromatic rings. The van der Waals surface area contributed by atoms with Crippen LogP contribution in [0.3, 0.4) is 0 Å². The Bertz CT molecular complexity index is 356. The number of unbranched alkanes of at least 4 members (excludes halogenated alkanes) is 14. The molecule has 2 heteroatoms. The van der Waals surface area contributed by atoms with Crippen LogP contribution in [0.2, 0.25) is 0 Å². The average molecular weight is 321 g/mol. The van der Waals surface area contributed by atoms with E-state index in [9.17, 15) is 0 Å². The molecule has 0 aliphatic carbocycles. The molecule has 23 heavy (non-hydrogen) atoms. The van der Waals surface area contributed by atoms with E-state index in [4.69, 9.17) is 0 Å². The van der Waals surface area contributed by atoms with E-state index in [-0.39, 0.29) is 0 Å². The van der Waals surface area contributed by atoms with Gasteiger partial charge in [0.1, 0.15) is 5.82 Å². The zero-order valence-electron chi connectivity index (χ0n) is 15.9. The van der Waals surface area contributed by atoms with Gasteiger partial charge < -0.3 is 4.57 Å². The van der Waals surface area contributed by atoms with Gasteiger partial charge in [-0.1, -0.05) is 96.8 Å². The number of hydrogen-bond donors (Lipinski definition) is 0. The molecule has 2 nitrogen and oxygen atoms in total. The van der Waals surface area contributed by atoms with Crippen LogP contribution in [0.1, 0.15) is 109 Å². The Labute approximate surface area is 145 Å². The van der Waals surface area contributed by atoms with Crippen molar-refractivity contribution >= 4 is 0 Å². The highest BCUT2D eigenvalue weighted by Crippen LogP contribution is 2.13. The Morgan fingerprint density at radius 1 is 0.696 bits per heavy atom. The Morgan fingerprint density at radius 3 is 1.52 bits per heavy atom. The zero-order valence-corrected chi connectivity index (χ0v) is 15.9. The molecule has 0 unspecified atom stereocenters. The van der Waals surface area contributed by atoms with Crippen LogP contribution < -0.4 is 0 Å². The fraction of sp³-hybridized carbons (Fsp3) is 0.857. The van der Waals surface area contributed by atoms with Crippen molar-refractivity contribution in [3.8, 4) is 0 Å². The van der Waals surface area contributed by atoms with Crippen LogP contribution in [-0.2, 0) is 6.54 Å². The largest absolute Gasteiger partial charge is 0.335 e. The lowest BCUT2D eigenvalue weighted by Gasteiger charge is -2.05. The van der Waals surface area contributed by atoms with Gasteiger partial charge in [-0.25, -0.2) is 4.98 Å². The predicted molar refractivity (Wildman–Crippen MR) is 102 cm³/mol. The van der Waals surface area contributed by atoms with E-state index >= 15 is 0 Å². The van der Waals surface area contributed by atoms with Crippen LogP contribution in [0.15, 0.2) is 12.4 Å². The van der Waals surface area contributed by atoms with Crippen molar-refractivity contribution in [1.29, 1.82) is 0 Å². The molecule has 0 aliphatic rings. The molecule has 0 spiro atoms. The third-order valence-corrected chi connectivity index (χ3v) is 4.93. The van der Waals surface area contributed by atoms with Crippen molar-refractivity contribution in [2.45, 2.75) is 117 Å². The lowest BCUT2D eigenvalue weighted by atomic mass is 10.0. The van der Waals surface area contributed by atoms with Crippen molar-refractivity contribution in [1.82, 2.24) is 9.55 Å². The summed E-state index contributed by atoms with van der Waals surface area (Å²) >= 11 is 0. The zero-order chi connectivity index (χ0) is 16.6. The summed E-state index contributed by atoms with van der Waals surface area (Å²) in [4.78, 5) is 4.27. The molecule has 0 saturated heterocycles. The molecule has 1 rings (SSSR count). The first kappa shape index (κ1) is 20.3. The van der Waals surface area contributed by atoms with Gasteiger partial charge in [0.15, 0.2) is 0 Å². The first-order chi connectivity index (χ1) is 11.3. The van der Waals surface area contributed by atoms with Crippen LogP contribution in [0.5, 0.6) is 0 Å². The molecule has 134 valence electrons. The van der Waals surface area contributed by atoms with Gasteiger partial charge in [-0.2, -0.15) is 0 Å². The summed E-state index contributed by atoms with van der Waals surface area (Å²) in [6.45, 7) is 5.52. The van der Waals surface area contributed by atoms with E-state index in [0.717, 1.165) is 12.4 Å². The molecule has 0 atom stereocenters. The fourth-order valence-corrected chi connectivity index (χ4v) is 3.29. The molecule has 0 radical (unpaired) electrons. The van der Waals surface area contributed by atoms with Gasteiger partial charge >= 0.3 is 0 Å². The Kier molecular flexibility index (Phi) is 13.0. The van der Waals surface area contributed by atoms with Gasteiger partial charge in [-0.3, -0.25) is 0 Å². The molecule has 0 aromatic carbocycles. The third kappa shape index (κ3) is 11.4. The molecule has 0 bridgehead atoms. The molecule has 1 heterocycles. The maximum atomic E-state index is 4.27. The standard InChI is InChI=1S/C21H40N2/c1-3-4-5-6-7-8-9-10-11-12-13-14-15-16-17-19-23-20-18-22-21(23)2/h18,20H,3-17,19H2,1-2H3. The van der Waals surface area contributed by atoms with E-state index in [1.54, 1.807) is 0 Å². The molecule has 0 saturated carbocycles. The first-order valence-electron chi connectivity index (χ1n) is 10.3. The number of aromatic nitrogens is 2. The van der Waals surface area contributed by atoms with Crippen LogP contribution in [0, 0.1) is 6.92 Å². The minimum atomic E-state index is 1.14. The third-order valence-electron chi connectivity index (χ3n) is 4.93. The number of aryl methyl sites for hydroxylation is 2. The molecule has 0 aliphatic heterocycles. The number of rotatable bonds is 16. The summed E-state index contributed by atoms with van der Waals surface area (Å²) in [7, 11) is 0. The summed E-state index contributed by atoms with van der Waals surface area (Å²) in [5.74, 6) is 1.15. The fourth-order valence-electron chi connectivity index (χ4n) is 3.29. The van der Waals surface area contributed by atoms with Gasteiger partial charge in [0.05, 0.1) is 0 Å². The van der Waals surface area contributed by atoms with Crippen LogP contribution in [-0.4, -0.2) is 9.55 Å². The molecular formula is C21H40N2. The normalized spacial score (nSPS) is 11.2. The van der Waals surface area contributed by atoms with Crippen LogP contribution >= 0.6 is 0 Å². The second kappa shape index (κ2) is 14.8. The van der Waals surface area contributed by atoms with E-state index in [2.05, 4.69) is 29.6 Å². The lowest BCUT2D eigenvalue weighted by molar-refractivity contribution is 0.520. The van der Waals surface area contributed by atoms with Gasteiger partial charge in [0, 0.05) is 18.9 Å². The number of imidazole rings is 1. The number of hydrogen-bond acceptors (Lipinski definition) is 1. The van der Waals surface area contributed by atoms with Gasteiger partial charge in [0.2, 0.25) is 0 Å². The molecule has 1 aromatic heterocycles. The second-order valence-corrected chi connectivity index (χ2v) is 7.12. The van der Waals surface area contributed by atoms with E-state index in [1.165, 1.54) is 96.3 Å². The quantitative estimate of drug-likeness (QED) is 0.298. The minimum absolute atomic E-state index is 1.14. The summed E-state index contributed by atoms with van der Waals surface area (Å²) in [6.07, 6.45) is 25.5.